The van der Waals surface area contributed by atoms with Crippen LogP contribution in [-0.2, 0) is 11.2 Å². The molecule has 0 bridgehead atoms. The van der Waals surface area contributed by atoms with Crippen molar-refractivity contribution in [3.05, 3.63) is 58.6 Å². The monoisotopic (exact) mass is 371 g/mol. The van der Waals surface area contributed by atoms with Crippen LogP contribution in [-0.4, -0.2) is 11.7 Å². The van der Waals surface area contributed by atoms with Gasteiger partial charge in [0, 0.05) is 15.1 Å². The highest BCUT2D eigenvalue weighted by Crippen LogP contribution is 2.26. The second-order valence-corrected chi connectivity index (χ2v) is 6.23. The van der Waals surface area contributed by atoms with Gasteiger partial charge in [0.15, 0.2) is 0 Å². The topological polar surface area (TPSA) is 29.1 Å². The van der Waals surface area contributed by atoms with Crippen LogP contribution in [0.3, 0.4) is 0 Å². The van der Waals surface area contributed by atoms with Crippen LogP contribution in [0.15, 0.2) is 57.9 Å². The molecular weight excluding hydrogens is 360 g/mol. The lowest BCUT2D eigenvalue weighted by Crippen LogP contribution is -2.14. The van der Waals surface area contributed by atoms with E-state index in [0.717, 1.165) is 10.0 Å². The van der Waals surface area contributed by atoms with Crippen molar-refractivity contribution in [3.63, 3.8) is 0 Å². The van der Waals surface area contributed by atoms with Gasteiger partial charge in [0.2, 0.25) is 5.91 Å². The maximum absolute atomic E-state index is 12.2. The summed E-state index contributed by atoms with van der Waals surface area (Å²) in [5.41, 5.74) is 1.50. The van der Waals surface area contributed by atoms with Crippen molar-refractivity contribution in [3.8, 4) is 0 Å². The highest BCUT2D eigenvalue weighted by molar-refractivity contribution is 9.10. The van der Waals surface area contributed by atoms with Crippen LogP contribution in [0.4, 0.5) is 14.5 Å². The Morgan fingerprint density at radius 2 is 1.71 bits per heavy atom. The Kier molecular flexibility index (Phi) is 5.76. The number of nitrogens with one attached hydrogen (secondary N) is 1. The Morgan fingerprint density at radius 1 is 1.10 bits per heavy atom. The number of rotatable bonds is 5. The summed E-state index contributed by atoms with van der Waals surface area (Å²) in [4.78, 5) is 12.3. The summed E-state index contributed by atoms with van der Waals surface area (Å²) in [5, 5.41) is 2.74. The average molecular weight is 372 g/mol. The average Bonchev–Trinajstić information content (AvgIpc) is 2.43. The van der Waals surface area contributed by atoms with Gasteiger partial charge in [-0.2, -0.15) is 8.78 Å². The normalized spacial score (nSPS) is 10.7. The largest absolute Gasteiger partial charge is 0.326 e. The number of benzene rings is 2. The van der Waals surface area contributed by atoms with Crippen LogP contribution in [0, 0.1) is 0 Å². The molecule has 0 aliphatic carbocycles. The Hall–Kier alpha value is -1.40. The zero-order valence-electron chi connectivity index (χ0n) is 10.9. The van der Waals surface area contributed by atoms with Crippen LogP contribution < -0.4 is 5.32 Å². The molecule has 0 saturated heterocycles. The van der Waals surface area contributed by atoms with Crippen LogP contribution in [0.1, 0.15) is 5.56 Å². The molecule has 0 saturated carbocycles. The van der Waals surface area contributed by atoms with Gasteiger partial charge in [0.05, 0.1) is 6.42 Å². The van der Waals surface area contributed by atoms with E-state index in [2.05, 4.69) is 21.2 Å². The lowest BCUT2D eigenvalue weighted by atomic mass is 10.1. The molecule has 0 atom stereocenters. The van der Waals surface area contributed by atoms with Crippen LogP contribution in [0.2, 0.25) is 0 Å². The molecule has 1 N–H and O–H groups in total. The predicted octanol–water partition coefficient (Wildman–Crippen LogP) is 4.95. The number of halogens is 3. The lowest BCUT2D eigenvalue weighted by Gasteiger charge is -2.06. The van der Waals surface area contributed by atoms with E-state index < -0.39 is 5.76 Å². The van der Waals surface area contributed by atoms with Crippen molar-refractivity contribution in [2.75, 3.05) is 5.32 Å². The van der Waals surface area contributed by atoms with Crippen molar-refractivity contribution < 1.29 is 13.6 Å². The van der Waals surface area contributed by atoms with Crippen molar-refractivity contribution in [1.29, 1.82) is 0 Å². The van der Waals surface area contributed by atoms with Gasteiger partial charge in [-0.15, -0.1) is 0 Å². The van der Waals surface area contributed by atoms with Gasteiger partial charge in [0.1, 0.15) is 0 Å². The van der Waals surface area contributed by atoms with Crippen molar-refractivity contribution in [2.45, 2.75) is 17.1 Å². The lowest BCUT2D eigenvalue weighted by molar-refractivity contribution is -0.115. The molecule has 1 amide bonds. The predicted molar refractivity (Wildman–Crippen MR) is 84.8 cm³/mol. The molecule has 0 aromatic heterocycles. The first-order valence-corrected chi connectivity index (χ1v) is 7.79. The van der Waals surface area contributed by atoms with E-state index in [1.54, 1.807) is 24.3 Å². The summed E-state index contributed by atoms with van der Waals surface area (Å²) >= 11 is 3.81. The molecule has 6 heteroatoms. The van der Waals surface area contributed by atoms with E-state index >= 15 is 0 Å². The van der Waals surface area contributed by atoms with E-state index in [4.69, 9.17) is 0 Å². The summed E-state index contributed by atoms with van der Waals surface area (Å²) in [6.07, 6.45) is 0.265. The molecular formula is C15H12BrF2NOS. The van der Waals surface area contributed by atoms with E-state index in [0.29, 0.717) is 22.3 Å². The molecule has 0 unspecified atom stereocenters. The van der Waals surface area contributed by atoms with Crippen LogP contribution in [0.5, 0.6) is 0 Å². The van der Waals surface area contributed by atoms with E-state index in [9.17, 15) is 13.6 Å². The van der Waals surface area contributed by atoms with Gasteiger partial charge in [0.25, 0.3) is 5.76 Å². The molecule has 21 heavy (non-hydrogen) atoms. The molecule has 2 aromatic rings. The Labute approximate surface area is 134 Å². The summed E-state index contributed by atoms with van der Waals surface area (Å²) in [6.45, 7) is 0. The fraction of sp³-hybridized carbons (Fsp3) is 0.133. The van der Waals surface area contributed by atoms with Crippen LogP contribution in [0.25, 0.3) is 0 Å². The SMILES string of the molecule is O=C(Cc1ccc(Br)cc1)Nc1ccc(SC(F)F)cc1. The fourth-order valence-corrected chi connectivity index (χ4v) is 2.48. The number of hydrogen-bond acceptors (Lipinski definition) is 2. The highest BCUT2D eigenvalue weighted by atomic mass is 79.9. The fourth-order valence-electron chi connectivity index (χ4n) is 1.71. The molecule has 0 aliphatic heterocycles. The number of anilines is 1. The molecule has 0 fully saturated rings. The van der Waals surface area contributed by atoms with E-state index in [1.165, 1.54) is 0 Å². The molecule has 2 nitrogen and oxygen atoms in total. The molecule has 0 spiro atoms. The summed E-state index contributed by atoms with van der Waals surface area (Å²) < 4.78 is 25.3. The molecule has 110 valence electrons. The first kappa shape index (κ1) is 16.0. The minimum absolute atomic E-state index is 0.147. The molecule has 0 aliphatic rings. The number of hydrogen-bond donors (Lipinski definition) is 1. The molecule has 2 rings (SSSR count). The number of thioether (sulfide) groups is 1. The van der Waals surface area contributed by atoms with E-state index in [-0.39, 0.29) is 12.3 Å². The Balaban J connectivity index is 1.91. The Bertz CT molecular complexity index is 602. The standard InChI is InChI=1S/C15H12BrF2NOS/c16-11-3-1-10(2-4-11)9-14(20)19-12-5-7-13(8-6-12)21-15(17)18/h1-8,15H,9H2,(H,19,20). The van der Waals surface area contributed by atoms with Gasteiger partial charge in [-0.25, -0.2) is 0 Å². The van der Waals surface area contributed by atoms with Crippen LogP contribution >= 0.6 is 27.7 Å². The Morgan fingerprint density at radius 3 is 2.29 bits per heavy atom. The minimum Gasteiger partial charge on any atom is -0.326 e. The number of carbonyl (C=O) groups is 1. The molecule has 2 aromatic carbocycles. The van der Waals surface area contributed by atoms with E-state index in [1.807, 2.05) is 24.3 Å². The smallest absolute Gasteiger partial charge is 0.288 e. The zero-order chi connectivity index (χ0) is 15.2. The first-order chi connectivity index (χ1) is 10.0. The summed E-state index contributed by atoms with van der Waals surface area (Å²) in [5.74, 6) is -2.59. The maximum atomic E-state index is 12.2. The number of carbonyl (C=O) groups excluding carboxylic acids is 1. The molecule has 0 radical (unpaired) electrons. The van der Waals surface area contributed by atoms with Crippen molar-refractivity contribution in [2.24, 2.45) is 0 Å². The third-order valence-electron chi connectivity index (χ3n) is 2.64. The first-order valence-electron chi connectivity index (χ1n) is 6.12. The number of alkyl halides is 2. The van der Waals surface area contributed by atoms with Crippen molar-refractivity contribution in [1.82, 2.24) is 0 Å². The van der Waals surface area contributed by atoms with Gasteiger partial charge in [-0.05, 0) is 42.0 Å². The zero-order valence-corrected chi connectivity index (χ0v) is 13.3. The molecule has 0 heterocycles. The second kappa shape index (κ2) is 7.56. The van der Waals surface area contributed by atoms with Gasteiger partial charge in [-0.3, -0.25) is 4.79 Å². The summed E-state index contributed by atoms with van der Waals surface area (Å²) in [6, 6.07) is 13.8. The highest BCUT2D eigenvalue weighted by Gasteiger charge is 2.07. The van der Waals surface area contributed by atoms with Gasteiger partial charge >= 0.3 is 0 Å². The second-order valence-electron chi connectivity index (χ2n) is 4.25. The quantitative estimate of drug-likeness (QED) is 0.753. The number of amides is 1. The summed E-state index contributed by atoms with van der Waals surface area (Å²) in [7, 11) is 0. The third kappa shape index (κ3) is 5.47. The van der Waals surface area contributed by atoms with Gasteiger partial charge < -0.3 is 5.32 Å². The van der Waals surface area contributed by atoms with Crippen molar-refractivity contribution >= 4 is 39.3 Å². The maximum Gasteiger partial charge on any atom is 0.288 e. The minimum atomic E-state index is -2.44. The van der Waals surface area contributed by atoms with Gasteiger partial charge in [-0.1, -0.05) is 39.8 Å². The third-order valence-corrected chi connectivity index (χ3v) is 3.89.